The number of rotatable bonds is 7. The van der Waals surface area contributed by atoms with Gasteiger partial charge in [-0.3, -0.25) is 14.9 Å². The minimum atomic E-state index is -0.670. The lowest BCUT2D eigenvalue weighted by Gasteiger charge is -2.11. The molecule has 0 aromatic heterocycles. The van der Waals surface area contributed by atoms with E-state index < -0.39 is 10.6 Å². The number of alkyl halides is 1. The number of nitro groups is 1. The fourth-order valence-corrected chi connectivity index (χ4v) is 1.51. The van der Waals surface area contributed by atoms with Gasteiger partial charge in [0.25, 0.3) is 0 Å². The van der Waals surface area contributed by atoms with Crippen molar-refractivity contribution in [3.05, 3.63) is 27.8 Å². The first-order chi connectivity index (χ1) is 8.65. The lowest BCUT2D eigenvalue weighted by Crippen LogP contribution is -2.04. The van der Waals surface area contributed by atoms with Crippen LogP contribution in [-0.2, 0) is 0 Å². The summed E-state index contributed by atoms with van der Waals surface area (Å²) in [5.74, 6) is 0.593. The van der Waals surface area contributed by atoms with Crippen molar-refractivity contribution in [3.63, 3.8) is 0 Å². The summed E-state index contributed by atoms with van der Waals surface area (Å²) in [5.41, 5.74) is -0.447. The molecule has 6 nitrogen and oxygen atoms in total. The summed E-state index contributed by atoms with van der Waals surface area (Å²) in [7, 11) is 1.28. The summed E-state index contributed by atoms with van der Waals surface area (Å²) < 4.78 is 10.3. The number of hydrogen-bond acceptors (Lipinski definition) is 5. The third kappa shape index (κ3) is 3.10. The van der Waals surface area contributed by atoms with Gasteiger partial charge in [0.1, 0.15) is 0 Å². The molecule has 0 radical (unpaired) electrons. The smallest absolute Gasteiger partial charge is 0.325 e. The number of hydrogen-bond donors (Lipinski definition) is 0. The van der Waals surface area contributed by atoms with Crippen LogP contribution in [0.2, 0.25) is 0 Å². The Kier molecular flexibility index (Phi) is 5.38. The molecule has 1 aromatic rings. The van der Waals surface area contributed by atoms with Gasteiger partial charge in [0.2, 0.25) is 5.75 Å². The number of methoxy groups -OCH3 is 1. The minimum Gasteiger partial charge on any atom is -0.489 e. The van der Waals surface area contributed by atoms with Crippen LogP contribution in [0.25, 0.3) is 0 Å². The highest BCUT2D eigenvalue weighted by Crippen LogP contribution is 2.38. The Morgan fingerprint density at radius 2 is 2.22 bits per heavy atom. The highest BCUT2D eigenvalue weighted by Gasteiger charge is 2.24. The van der Waals surface area contributed by atoms with Crippen LogP contribution in [0, 0.1) is 10.1 Å². The van der Waals surface area contributed by atoms with Crippen molar-refractivity contribution in [2.45, 2.75) is 6.42 Å². The zero-order valence-electron chi connectivity index (χ0n) is 9.72. The van der Waals surface area contributed by atoms with E-state index in [0.29, 0.717) is 25.2 Å². The molecule has 0 unspecified atom stereocenters. The van der Waals surface area contributed by atoms with Crippen LogP contribution in [-0.4, -0.2) is 30.8 Å². The first kappa shape index (κ1) is 14.2. The SMILES string of the molecule is COc1c(OCCCCl)ccc(C=O)c1[N+](=O)[O-]. The first-order valence-electron chi connectivity index (χ1n) is 5.15. The molecule has 0 fully saturated rings. The molecule has 0 spiro atoms. The predicted octanol–water partition coefficient (Wildman–Crippen LogP) is 2.42. The Labute approximate surface area is 109 Å². The number of benzene rings is 1. The zero-order chi connectivity index (χ0) is 13.5. The van der Waals surface area contributed by atoms with Crippen LogP contribution in [0.5, 0.6) is 11.5 Å². The molecule has 0 aliphatic heterocycles. The molecule has 0 atom stereocenters. The summed E-state index contributed by atoms with van der Waals surface area (Å²) in [4.78, 5) is 21.0. The van der Waals surface area contributed by atoms with Crippen LogP contribution in [0.3, 0.4) is 0 Å². The van der Waals surface area contributed by atoms with Gasteiger partial charge in [0.05, 0.1) is 24.2 Å². The van der Waals surface area contributed by atoms with Crippen LogP contribution in [0.15, 0.2) is 12.1 Å². The summed E-state index contributed by atoms with van der Waals surface area (Å²) >= 11 is 5.51. The van der Waals surface area contributed by atoms with Gasteiger partial charge in [-0.2, -0.15) is 0 Å². The largest absolute Gasteiger partial charge is 0.489 e. The Balaban J connectivity index is 3.16. The summed E-state index contributed by atoms with van der Waals surface area (Å²) in [6.45, 7) is 0.317. The lowest BCUT2D eigenvalue weighted by molar-refractivity contribution is -0.386. The highest BCUT2D eigenvalue weighted by molar-refractivity contribution is 6.17. The van der Waals surface area contributed by atoms with Crippen LogP contribution in [0.4, 0.5) is 5.69 Å². The van der Waals surface area contributed by atoms with E-state index in [1.54, 1.807) is 0 Å². The van der Waals surface area contributed by atoms with Gasteiger partial charge in [0, 0.05) is 5.88 Å². The maximum absolute atomic E-state index is 10.9. The van der Waals surface area contributed by atoms with Crippen LogP contribution < -0.4 is 9.47 Å². The molecule has 1 aromatic carbocycles. The van der Waals surface area contributed by atoms with Gasteiger partial charge < -0.3 is 9.47 Å². The topological polar surface area (TPSA) is 78.7 Å². The Morgan fingerprint density at radius 3 is 2.72 bits per heavy atom. The normalized spacial score (nSPS) is 9.89. The van der Waals surface area contributed by atoms with Crippen molar-refractivity contribution in [2.75, 3.05) is 19.6 Å². The summed E-state index contributed by atoms with van der Waals surface area (Å²) in [6, 6.07) is 2.79. The number of aldehydes is 1. The van der Waals surface area contributed by atoms with Gasteiger partial charge in [-0.15, -0.1) is 11.6 Å². The maximum Gasteiger partial charge on any atom is 0.325 e. The molecule has 0 saturated heterocycles. The minimum absolute atomic E-state index is 0.0541. The Hall–Kier alpha value is -1.82. The zero-order valence-corrected chi connectivity index (χ0v) is 10.5. The summed E-state index contributed by atoms with van der Waals surface area (Å²) in [5, 5.41) is 10.9. The molecule has 0 N–H and O–H groups in total. The van der Waals surface area contributed by atoms with Gasteiger partial charge in [-0.25, -0.2) is 0 Å². The van der Waals surface area contributed by atoms with Crippen LogP contribution >= 0.6 is 11.6 Å². The monoisotopic (exact) mass is 273 g/mol. The fourth-order valence-electron chi connectivity index (χ4n) is 1.40. The Bertz CT molecular complexity index is 449. The third-order valence-electron chi connectivity index (χ3n) is 2.18. The molecule has 0 saturated carbocycles. The second-order valence-corrected chi connectivity index (χ2v) is 3.68. The van der Waals surface area contributed by atoms with E-state index in [9.17, 15) is 14.9 Å². The van der Waals surface area contributed by atoms with E-state index in [4.69, 9.17) is 21.1 Å². The number of halogens is 1. The van der Waals surface area contributed by atoms with Crippen molar-refractivity contribution >= 4 is 23.6 Å². The van der Waals surface area contributed by atoms with Crippen molar-refractivity contribution in [3.8, 4) is 11.5 Å². The first-order valence-corrected chi connectivity index (χ1v) is 5.68. The van der Waals surface area contributed by atoms with E-state index in [1.807, 2.05) is 0 Å². The molecule has 1 rings (SSSR count). The number of carbonyl (C=O) groups is 1. The molecule has 0 heterocycles. The predicted molar refractivity (Wildman–Crippen MR) is 65.9 cm³/mol. The average Bonchev–Trinajstić information content (AvgIpc) is 2.37. The molecule has 18 heavy (non-hydrogen) atoms. The molecule has 0 aliphatic carbocycles. The van der Waals surface area contributed by atoms with Gasteiger partial charge in [0.15, 0.2) is 12.0 Å². The molecule has 98 valence electrons. The van der Waals surface area contributed by atoms with Crippen molar-refractivity contribution in [2.24, 2.45) is 0 Å². The van der Waals surface area contributed by atoms with Gasteiger partial charge in [-0.1, -0.05) is 0 Å². The van der Waals surface area contributed by atoms with E-state index in [-0.39, 0.29) is 17.1 Å². The highest BCUT2D eigenvalue weighted by atomic mass is 35.5. The van der Waals surface area contributed by atoms with Crippen molar-refractivity contribution in [1.82, 2.24) is 0 Å². The quantitative estimate of drug-likeness (QED) is 0.251. The molecular weight excluding hydrogens is 262 g/mol. The van der Waals surface area contributed by atoms with E-state index in [2.05, 4.69) is 0 Å². The second kappa shape index (κ2) is 6.80. The van der Waals surface area contributed by atoms with Gasteiger partial charge in [-0.05, 0) is 18.6 Å². The van der Waals surface area contributed by atoms with E-state index in [0.717, 1.165) is 0 Å². The third-order valence-corrected chi connectivity index (χ3v) is 2.44. The Morgan fingerprint density at radius 1 is 1.50 bits per heavy atom. The standard InChI is InChI=1S/C11H12ClNO5/c1-17-11-9(18-6-2-5-12)4-3-8(7-14)10(11)13(15)16/h3-4,7H,2,5-6H2,1H3. The van der Waals surface area contributed by atoms with Crippen molar-refractivity contribution in [1.29, 1.82) is 0 Å². The molecule has 0 amide bonds. The fraction of sp³-hybridized carbons (Fsp3) is 0.364. The molecule has 0 bridgehead atoms. The van der Waals surface area contributed by atoms with Crippen molar-refractivity contribution < 1.29 is 19.2 Å². The second-order valence-electron chi connectivity index (χ2n) is 3.30. The van der Waals surface area contributed by atoms with Gasteiger partial charge >= 0.3 is 5.69 Å². The van der Waals surface area contributed by atoms with E-state index >= 15 is 0 Å². The average molecular weight is 274 g/mol. The maximum atomic E-state index is 10.9. The lowest BCUT2D eigenvalue weighted by atomic mass is 10.1. The number of carbonyl (C=O) groups excluding carboxylic acids is 1. The number of ether oxygens (including phenoxy) is 2. The number of nitrogens with zero attached hydrogens (tertiary/aromatic N) is 1. The molecule has 0 aliphatic rings. The summed E-state index contributed by atoms with van der Waals surface area (Å²) in [6.07, 6.45) is 1.01. The van der Waals surface area contributed by atoms with E-state index in [1.165, 1.54) is 19.2 Å². The molecular formula is C11H12ClNO5. The molecule has 7 heteroatoms. The number of nitro benzene ring substituents is 1. The van der Waals surface area contributed by atoms with Crippen LogP contribution in [0.1, 0.15) is 16.8 Å².